The summed E-state index contributed by atoms with van der Waals surface area (Å²) in [5.41, 5.74) is 5.79. The number of carbonyl (C=O) groups excluding carboxylic acids is 1. The first-order chi connectivity index (χ1) is 16.2. The SMILES string of the molecule is Cc1ccccc1C=Nn1c(-c2ccc3c(c2)NC(=O)CO3)csc1=NCc1ccccc1. The monoisotopic (exact) mass is 454 g/mol. The summed E-state index contributed by atoms with van der Waals surface area (Å²) in [6.07, 6.45) is 1.86. The molecule has 0 saturated carbocycles. The standard InChI is InChI=1S/C26H22N4O2S/c1-18-7-5-6-10-21(18)15-28-30-23(17-33-26(30)27-14-19-8-3-2-4-9-19)20-11-12-24-22(13-20)29-25(31)16-32-24/h2-13,15,17H,14,16H2,1H3,(H,29,31). The smallest absolute Gasteiger partial charge is 0.262 e. The lowest BCUT2D eigenvalue weighted by atomic mass is 10.1. The maximum Gasteiger partial charge on any atom is 0.262 e. The number of hydrogen-bond acceptors (Lipinski definition) is 5. The molecule has 2 heterocycles. The Labute approximate surface area is 195 Å². The number of aromatic nitrogens is 1. The highest BCUT2D eigenvalue weighted by Gasteiger charge is 2.17. The molecule has 0 aliphatic carbocycles. The Bertz CT molecular complexity index is 1400. The molecule has 0 spiro atoms. The summed E-state index contributed by atoms with van der Waals surface area (Å²) in [6.45, 7) is 2.66. The Hall–Kier alpha value is -3.97. The maximum absolute atomic E-state index is 11.8. The number of ether oxygens (including phenoxy) is 1. The van der Waals surface area contributed by atoms with E-state index in [1.807, 2.05) is 70.9 Å². The summed E-state index contributed by atoms with van der Waals surface area (Å²) in [6, 6.07) is 24.0. The fraction of sp³-hybridized carbons (Fsp3) is 0.115. The molecule has 1 N–H and O–H groups in total. The van der Waals surface area contributed by atoms with E-state index in [0.29, 0.717) is 18.0 Å². The zero-order valence-electron chi connectivity index (χ0n) is 18.1. The summed E-state index contributed by atoms with van der Waals surface area (Å²) in [4.78, 5) is 17.4. The van der Waals surface area contributed by atoms with Gasteiger partial charge in [0.25, 0.3) is 5.91 Å². The Morgan fingerprint density at radius 3 is 2.76 bits per heavy atom. The van der Waals surface area contributed by atoms with Gasteiger partial charge in [-0.15, -0.1) is 11.3 Å². The minimum atomic E-state index is -0.158. The average molecular weight is 455 g/mol. The van der Waals surface area contributed by atoms with Gasteiger partial charge in [0.05, 0.1) is 24.1 Å². The van der Waals surface area contributed by atoms with Crippen LogP contribution in [0.15, 0.2) is 88.3 Å². The number of carbonyl (C=O) groups is 1. The van der Waals surface area contributed by atoms with Gasteiger partial charge in [0.15, 0.2) is 6.61 Å². The van der Waals surface area contributed by atoms with Crippen molar-refractivity contribution in [2.75, 3.05) is 11.9 Å². The van der Waals surface area contributed by atoms with Crippen LogP contribution in [0, 0.1) is 6.92 Å². The van der Waals surface area contributed by atoms with Gasteiger partial charge in [-0.2, -0.15) is 5.10 Å². The van der Waals surface area contributed by atoms with Crippen LogP contribution >= 0.6 is 11.3 Å². The van der Waals surface area contributed by atoms with Crippen LogP contribution in [0.5, 0.6) is 5.75 Å². The lowest BCUT2D eigenvalue weighted by molar-refractivity contribution is -0.118. The van der Waals surface area contributed by atoms with Crippen LogP contribution in [0.25, 0.3) is 11.3 Å². The van der Waals surface area contributed by atoms with Gasteiger partial charge in [-0.05, 0) is 41.8 Å². The summed E-state index contributed by atoms with van der Waals surface area (Å²) in [7, 11) is 0. The van der Waals surface area contributed by atoms with Crippen LogP contribution in [-0.2, 0) is 11.3 Å². The molecule has 4 aromatic rings. The van der Waals surface area contributed by atoms with Gasteiger partial charge in [-0.25, -0.2) is 4.68 Å². The molecule has 6 nitrogen and oxygen atoms in total. The average Bonchev–Trinajstić information content (AvgIpc) is 3.25. The zero-order valence-corrected chi connectivity index (χ0v) is 18.9. The highest BCUT2D eigenvalue weighted by atomic mass is 32.1. The van der Waals surface area contributed by atoms with Gasteiger partial charge < -0.3 is 10.1 Å². The Balaban J connectivity index is 1.58. The molecule has 0 bridgehead atoms. The van der Waals surface area contributed by atoms with Crippen LogP contribution in [0.4, 0.5) is 5.69 Å². The van der Waals surface area contributed by atoms with Crippen LogP contribution in [-0.4, -0.2) is 23.4 Å². The summed E-state index contributed by atoms with van der Waals surface area (Å²) < 4.78 is 7.36. The fourth-order valence-corrected chi connectivity index (χ4v) is 4.39. The van der Waals surface area contributed by atoms with Crippen molar-refractivity contribution in [1.29, 1.82) is 0 Å². The number of anilines is 1. The van der Waals surface area contributed by atoms with Gasteiger partial charge >= 0.3 is 0 Å². The van der Waals surface area contributed by atoms with Crippen molar-refractivity contribution in [3.8, 4) is 17.0 Å². The number of amides is 1. The molecule has 3 aromatic carbocycles. The summed E-state index contributed by atoms with van der Waals surface area (Å²) >= 11 is 1.53. The molecule has 5 rings (SSSR count). The van der Waals surface area contributed by atoms with Crippen molar-refractivity contribution in [3.05, 3.63) is 99.7 Å². The molecular weight excluding hydrogens is 432 g/mol. The summed E-state index contributed by atoms with van der Waals surface area (Å²) in [5, 5.41) is 9.71. The van der Waals surface area contributed by atoms with Crippen LogP contribution in [0.1, 0.15) is 16.7 Å². The van der Waals surface area contributed by atoms with E-state index in [1.54, 1.807) is 0 Å². The third kappa shape index (κ3) is 4.63. The van der Waals surface area contributed by atoms with E-state index in [0.717, 1.165) is 32.7 Å². The van der Waals surface area contributed by atoms with Gasteiger partial charge in [0.2, 0.25) is 4.80 Å². The number of rotatable bonds is 5. The molecule has 33 heavy (non-hydrogen) atoms. The molecule has 0 radical (unpaired) electrons. The lowest BCUT2D eigenvalue weighted by Gasteiger charge is -2.18. The molecule has 7 heteroatoms. The van der Waals surface area contributed by atoms with Gasteiger partial charge in [0.1, 0.15) is 5.75 Å². The van der Waals surface area contributed by atoms with E-state index in [1.165, 1.54) is 11.3 Å². The topological polar surface area (TPSA) is 68.0 Å². The molecule has 0 atom stereocenters. The minimum Gasteiger partial charge on any atom is -0.482 e. The molecule has 1 aliphatic rings. The second-order valence-electron chi connectivity index (χ2n) is 7.67. The van der Waals surface area contributed by atoms with E-state index >= 15 is 0 Å². The molecule has 0 fully saturated rings. The third-order valence-electron chi connectivity index (χ3n) is 5.33. The van der Waals surface area contributed by atoms with E-state index < -0.39 is 0 Å². The van der Waals surface area contributed by atoms with Crippen molar-refractivity contribution in [2.45, 2.75) is 13.5 Å². The second kappa shape index (κ2) is 9.26. The molecule has 0 unspecified atom stereocenters. The number of nitrogens with zero attached hydrogens (tertiary/aromatic N) is 3. The molecule has 1 amide bonds. The molecular formula is C26H22N4O2S. The van der Waals surface area contributed by atoms with Crippen LogP contribution < -0.4 is 14.9 Å². The first-order valence-electron chi connectivity index (χ1n) is 10.6. The predicted octanol–water partition coefficient (Wildman–Crippen LogP) is 4.84. The van der Waals surface area contributed by atoms with Gasteiger partial charge in [-0.3, -0.25) is 9.79 Å². The Morgan fingerprint density at radius 2 is 1.91 bits per heavy atom. The number of thiazole rings is 1. The Morgan fingerprint density at radius 1 is 1.09 bits per heavy atom. The van der Waals surface area contributed by atoms with E-state index in [-0.39, 0.29) is 12.5 Å². The van der Waals surface area contributed by atoms with E-state index in [4.69, 9.17) is 14.8 Å². The zero-order chi connectivity index (χ0) is 22.6. The van der Waals surface area contributed by atoms with Crippen molar-refractivity contribution in [2.24, 2.45) is 10.1 Å². The van der Waals surface area contributed by atoms with E-state index in [2.05, 4.69) is 30.4 Å². The highest BCUT2D eigenvalue weighted by molar-refractivity contribution is 7.07. The van der Waals surface area contributed by atoms with Crippen molar-refractivity contribution < 1.29 is 9.53 Å². The van der Waals surface area contributed by atoms with Crippen molar-refractivity contribution >= 4 is 29.1 Å². The first kappa shape index (κ1) is 20.9. The van der Waals surface area contributed by atoms with Gasteiger partial charge in [-0.1, -0.05) is 54.6 Å². The minimum absolute atomic E-state index is 0.0357. The summed E-state index contributed by atoms with van der Waals surface area (Å²) in [5.74, 6) is 0.506. The maximum atomic E-state index is 11.8. The molecule has 164 valence electrons. The number of aryl methyl sites for hydroxylation is 1. The molecule has 1 aromatic heterocycles. The highest BCUT2D eigenvalue weighted by Crippen LogP contribution is 2.32. The van der Waals surface area contributed by atoms with E-state index in [9.17, 15) is 4.79 Å². The van der Waals surface area contributed by atoms with Crippen molar-refractivity contribution in [1.82, 2.24) is 4.68 Å². The normalized spacial score (nSPS) is 13.6. The number of benzene rings is 3. The van der Waals surface area contributed by atoms with Crippen molar-refractivity contribution in [3.63, 3.8) is 0 Å². The second-order valence-corrected chi connectivity index (χ2v) is 8.50. The van der Waals surface area contributed by atoms with Crippen LogP contribution in [0.2, 0.25) is 0 Å². The number of hydrogen-bond donors (Lipinski definition) is 1. The lowest BCUT2D eigenvalue weighted by Crippen LogP contribution is -2.25. The number of nitrogens with one attached hydrogen (secondary N) is 1. The Kier molecular flexibility index (Phi) is 5.87. The third-order valence-corrected chi connectivity index (χ3v) is 6.19. The number of fused-ring (bicyclic) bond motifs is 1. The predicted molar refractivity (Wildman–Crippen MR) is 132 cm³/mol. The molecule has 0 saturated heterocycles. The molecule has 1 aliphatic heterocycles. The largest absolute Gasteiger partial charge is 0.482 e. The fourth-order valence-electron chi connectivity index (χ4n) is 3.55. The first-order valence-corrected chi connectivity index (χ1v) is 11.5. The van der Waals surface area contributed by atoms with Crippen LogP contribution in [0.3, 0.4) is 0 Å². The quantitative estimate of drug-likeness (QED) is 0.439. The van der Waals surface area contributed by atoms with Gasteiger partial charge in [0, 0.05) is 10.9 Å².